The highest BCUT2D eigenvalue weighted by atomic mass is 16.5. The lowest BCUT2D eigenvalue weighted by molar-refractivity contribution is 0.0553. The molecule has 2 saturated heterocycles. The molecule has 0 saturated carbocycles. The van der Waals surface area contributed by atoms with Gasteiger partial charge >= 0.3 is 0 Å². The molecule has 0 radical (unpaired) electrons. The van der Waals surface area contributed by atoms with Crippen molar-refractivity contribution in [2.24, 2.45) is 5.92 Å². The van der Waals surface area contributed by atoms with Crippen molar-refractivity contribution in [1.82, 2.24) is 20.5 Å². The minimum Gasteiger partial charge on any atom is -0.374 e. The molecule has 118 valence electrons. The molecule has 1 aromatic heterocycles. The van der Waals surface area contributed by atoms with E-state index < -0.39 is 0 Å². The minimum atomic E-state index is 0.191. The Morgan fingerprint density at radius 1 is 1.05 bits per heavy atom. The van der Waals surface area contributed by atoms with E-state index in [4.69, 9.17) is 9.72 Å². The fourth-order valence-corrected chi connectivity index (χ4v) is 3.78. The summed E-state index contributed by atoms with van der Waals surface area (Å²) in [5, 5.41) is 11.1. The van der Waals surface area contributed by atoms with Gasteiger partial charge in [-0.1, -0.05) is 6.92 Å². The highest BCUT2D eigenvalue weighted by molar-refractivity contribution is 5.31. The summed E-state index contributed by atoms with van der Waals surface area (Å²) < 4.78 is 5.92. The third-order valence-corrected chi connectivity index (χ3v) is 4.89. The van der Waals surface area contributed by atoms with Crippen molar-refractivity contribution in [2.45, 2.75) is 64.8 Å². The zero-order chi connectivity index (χ0) is 15.1. The summed E-state index contributed by atoms with van der Waals surface area (Å²) in [7, 11) is 0. The van der Waals surface area contributed by atoms with Gasteiger partial charge in [0.2, 0.25) is 5.95 Å². The van der Waals surface area contributed by atoms with Crippen LogP contribution in [0.1, 0.15) is 46.4 Å². The van der Waals surface area contributed by atoms with Crippen LogP contribution in [-0.2, 0) is 4.74 Å². The Kier molecular flexibility index (Phi) is 3.92. The molecule has 0 aliphatic carbocycles. The van der Waals surface area contributed by atoms with E-state index in [1.807, 2.05) is 0 Å². The summed E-state index contributed by atoms with van der Waals surface area (Å²) in [6.45, 7) is 12.8. The molecule has 0 spiro atoms. The van der Waals surface area contributed by atoms with E-state index >= 15 is 0 Å². The van der Waals surface area contributed by atoms with Crippen LogP contribution >= 0.6 is 0 Å². The number of nitrogens with zero attached hydrogens (tertiary/aromatic N) is 3. The first-order chi connectivity index (χ1) is 9.95. The molecule has 3 rings (SSSR count). The average Bonchev–Trinajstić information content (AvgIpc) is 2.95. The van der Waals surface area contributed by atoms with Gasteiger partial charge in [-0.15, -0.1) is 5.10 Å². The van der Waals surface area contributed by atoms with Gasteiger partial charge in [0, 0.05) is 31.1 Å². The smallest absolute Gasteiger partial charge is 0.244 e. The molecule has 2 fully saturated rings. The predicted molar refractivity (Wildman–Crippen MR) is 82.6 cm³/mol. The molecule has 6 atom stereocenters. The van der Waals surface area contributed by atoms with Crippen LogP contribution < -0.4 is 10.2 Å². The average molecular weight is 293 g/mol. The lowest BCUT2D eigenvalue weighted by Gasteiger charge is -2.35. The number of nitrogens with one attached hydrogen (secondary N) is 2. The van der Waals surface area contributed by atoms with Gasteiger partial charge in [-0.3, -0.25) is 5.10 Å². The zero-order valence-electron chi connectivity index (χ0n) is 13.6. The fourth-order valence-electron chi connectivity index (χ4n) is 3.78. The molecule has 0 bridgehead atoms. The van der Waals surface area contributed by atoms with Gasteiger partial charge < -0.3 is 15.0 Å². The molecule has 2 aliphatic rings. The Bertz CT molecular complexity index is 480. The summed E-state index contributed by atoms with van der Waals surface area (Å²) in [4.78, 5) is 7.04. The third kappa shape index (κ3) is 2.79. The van der Waals surface area contributed by atoms with Crippen molar-refractivity contribution >= 4 is 5.95 Å². The first kappa shape index (κ1) is 14.8. The third-order valence-electron chi connectivity index (χ3n) is 4.89. The maximum Gasteiger partial charge on any atom is 0.244 e. The van der Waals surface area contributed by atoms with Gasteiger partial charge in [-0.25, -0.2) is 0 Å². The molecule has 2 N–H and O–H groups in total. The normalized spacial score (nSPS) is 40.7. The fraction of sp³-hybridized carbons (Fsp3) is 0.867. The summed E-state index contributed by atoms with van der Waals surface area (Å²) >= 11 is 0. The summed E-state index contributed by atoms with van der Waals surface area (Å²) in [6.07, 6.45) is 0.467. The zero-order valence-corrected chi connectivity index (χ0v) is 13.6. The Morgan fingerprint density at radius 2 is 1.71 bits per heavy atom. The highest BCUT2D eigenvalue weighted by Gasteiger charge is 2.40. The number of hydrogen-bond donors (Lipinski definition) is 2. The van der Waals surface area contributed by atoms with Crippen LogP contribution in [0.15, 0.2) is 0 Å². The van der Waals surface area contributed by atoms with Crippen LogP contribution in [0.25, 0.3) is 0 Å². The number of aromatic nitrogens is 3. The van der Waals surface area contributed by atoms with Crippen molar-refractivity contribution < 1.29 is 4.74 Å². The van der Waals surface area contributed by atoms with Crippen molar-refractivity contribution in [3.8, 4) is 0 Å². The molecule has 6 unspecified atom stereocenters. The molecule has 6 heteroatoms. The van der Waals surface area contributed by atoms with E-state index in [9.17, 15) is 0 Å². The van der Waals surface area contributed by atoms with Crippen LogP contribution in [0.2, 0.25) is 0 Å². The number of ether oxygens (including phenoxy) is 1. The Labute approximate surface area is 126 Å². The second kappa shape index (κ2) is 5.57. The molecule has 0 amide bonds. The SMILES string of the molecule is CC1CN(c2n[nH]c(C3C(C)OC(C)C3C)n2)CC(C)N1. The maximum absolute atomic E-state index is 5.92. The first-order valence-corrected chi connectivity index (χ1v) is 8.04. The largest absolute Gasteiger partial charge is 0.374 e. The molecule has 21 heavy (non-hydrogen) atoms. The topological polar surface area (TPSA) is 66.1 Å². The second-order valence-corrected chi connectivity index (χ2v) is 6.83. The van der Waals surface area contributed by atoms with E-state index in [0.717, 1.165) is 24.9 Å². The van der Waals surface area contributed by atoms with E-state index in [0.29, 0.717) is 23.9 Å². The molecule has 1 aromatic rings. The van der Waals surface area contributed by atoms with Gasteiger partial charge in [0.15, 0.2) is 0 Å². The quantitative estimate of drug-likeness (QED) is 0.865. The molecule has 0 aromatic carbocycles. The molecular formula is C15H27N5O. The van der Waals surface area contributed by atoms with Gasteiger partial charge in [0.25, 0.3) is 0 Å². The van der Waals surface area contributed by atoms with E-state index in [1.54, 1.807) is 0 Å². The van der Waals surface area contributed by atoms with Crippen molar-refractivity contribution in [3.05, 3.63) is 5.82 Å². The van der Waals surface area contributed by atoms with E-state index in [-0.39, 0.29) is 12.2 Å². The number of aromatic amines is 1. The monoisotopic (exact) mass is 293 g/mol. The molecule has 6 nitrogen and oxygen atoms in total. The summed E-state index contributed by atoms with van der Waals surface area (Å²) in [5.41, 5.74) is 0. The van der Waals surface area contributed by atoms with Crippen LogP contribution in [0.3, 0.4) is 0 Å². The van der Waals surface area contributed by atoms with Crippen molar-refractivity contribution in [2.75, 3.05) is 18.0 Å². The number of anilines is 1. The maximum atomic E-state index is 5.92. The number of H-pyrrole nitrogens is 1. The summed E-state index contributed by atoms with van der Waals surface area (Å²) in [6, 6.07) is 0.923. The lowest BCUT2D eigenvalue weighted by atomic mass is 9.89. The van der Waals surface area contributed by atoms with Gasteiger partial charge in [-0.05, 0) is 33.6 Å². The van der Waals surface area contributed by atoms with Gasteiger partial charge in [0.05, 0.1) is 12.2 Å². The molecule has 2 aliphatic heterocycles. The molecular weight excluding hydrogens is 266 g/mol. The Balaban J connectivity index is 1.77. The Hall–Kier alpha value is -1.14. The number of hydrogen-bond acceptors (Lipinski definition) is 5. The van der Waals surface area contributed by atoms with E-state index in [2.05, 4.69) is 55.0 Å². The number of rotatable bonds is 2. The lowest BCUT2D eigenvalue weighted by Crippen LogP contribution is -2.54. The Morgan fingerprint density at radius 3 is 2.29 bits per heavy atom. The van der Waals surface area contributed by atoms with Gasteiger partial charge in [0.1, 0.15) is 5.82 Å². The highest BCUT2D eigenvalue weighted by Crippen LogP contribution is 2.38. The van der Waals surface area contributed by atoms with Crippen molar-refractivity contribution in [3.63, 3.8) is 0 Å². The predicted octanol–water partition coefficient (Wildman–Crippen LogP) is 1.52. The standard InChI is InChI=1S/C15H27N5O/c1-8-6-20(7-9(2)16-8)15-17-14(18-19-15)13-10(3)11(4)21-12(13)5/h8-13,16H,6-7H2,1-5H3,(H,17,18,19). The first-order valence-electron chi connectivity index (χ1n) is 8.04. The second-order valence-electron chi connectivity index (χ2n) is 6.83. The number of piperazine rings is 1. The van der Waals surface area contributed by atoms with Crippen LogP contribution in [0.5, 0.6) is 0 Å². The van der Waals surface area contributed by atoms with Crippen molar-refractivity contribution in [1.29, 1.82) is 0 Å². The van der Waals surface area contributed by atoms with Gasteiger partial charge in [-0.2, -0.15) is 4.98 Å². The van der Waals surface area contributed by atoms with E-state index in [1.165, 1.54) is 0 Å². The summed E-state index contributed by atoms with van der Waals surface area (Å²) in [5.74, 6) is 2.55. The van der Waals surface area contributed by atoms with Crippen LogP contribution in [0, 0.1) is 5.92 Å². The molecule has 3 heterocycles. The van der Waals surface area contributed by atoms with Crippen LogP contribution in [0.4, 0.5) is 5.95 Å². The van der Waals surface area contributed by atoms with Crippen LogP contribution in [-0.4, -0.2) is 52.6 Å². The minimum absolute atomic E-state index is 0.191.